The normalized spacial score (nSPS) is 10.3. The predicted molar refractivity (Wildman–Crippen MR) is 80.6 cm³/mol. The second-order valence-corrected chi connectivity index (χ2v) is 6.18. The SMILES string of the molecule is COc1c(NN)ncnc1NCCc1ccc(Br)s1. The second kappa shape index (κ2) is 6.69. The Morgan fingerprint density at radius 2 is 2.16 bits per heavy atom. The van der Waals surface area contributed by atoms with Crippen molar-refractivity contribution in [3.63, 3.8) is 0 Å². The van der Waals surface area contributed by atoms with Crippen LogP contribution in [0.3, 0.4) is 0 Å². The molecule has 0 saturated heterocycles. The Morgan fingerprint density at radius 1 is 1.37 bits per heavy atom. The van der Waals surface area contributed by atoms with Gasteiger partial charge in [0.15, 0.2) is 11.6 Å². The predicted octanol–water partition coefficient (Wildman–Crippen LogP) is 2.25. The molecule has 0 fully saturated rings. The number of nitrogens with one attached hydrogen (secondary N) is 2. The number of hydrogen-bond acceptors (Lipinski definition) is 7. The quantitative estimate of drug-likeness (QED) is 0.551. The fourth-order valence-corrected chi connectivity index (χ4v) is 3.07. The summed E-state index contributed by atoms with van der Waals surface area (Å²) >= 11 is 5.17. The van der Waals surface area contributed by atoms with Crippen LogP contribution in [-0.2, 0) is 6.42 Å². The molecule has 2 aromatic heterocycles. The number of anilines is 2. The van der Waals surface area contributed by atoms with E-state index in [-0.39, 0.29) is 0 Å². The summed E-state index contributed by atoms with van der Waals surface area (Å²) in [6, 6.07) is 4.14. The molecule has 0 atom stereocenters. The molecule has 0 saturated carbocycles. The molecule has 2 aromatic rings. The molecule has 0 radical (unpaired) electrons. The first-order valence-electron chi connectivity index (χ1n) is 5.58. The maximum atomic E-state index is 5.37. The Hall–Kier alpha value is -1.38. The minimum Gasteiger partial charge on any atom is -0.490 e. The van der Waals surface area contributed by atoms with Crippen molar-refractivity contribution in [1.29, 1.82) is 0 Å². The van der Waals surface area contributed by atoms with Gasteiger partial charge >= 0.3 is 0 Å². The number of nitrogens with zero attached hydrogens (tertiary/aromatic N) is 2. The van der Waals surface area contributed by atoms with E-state index in [1.807, 2.05) is 6.07 Å². The topological polar surface area (TPSA) is 85.1 Å². The van der Waals surface area contributed by atoms with Crippen molar-refractivity contribution >= 4 is 38.9 Å². The van der Waals surface area contributed by atoms with Crippen molar-refractivity contribution in [1.82, 2.24) is 9.97 Å². The Labute approximate surface area is 123 Å². The van der Waals surface area contributed by atoms with Crippen LogP contribution in [-0.4, -0.2) is 23.6 Å². The summed E-state index contributed by atoms with van der Waals surface area (Å²) in [5.74, 6) is 6.96. The monoisotopic (exact) mass is 343 g/mol. The Morgan fingerprint density at radius 3 is 2.79 bits per heavy atom. The number of methoxy groups -OCH3 is 1. The first-order valence-corrected chi connectivity index (χ1v) is 7.19. The highest BCUT2D eigenvalue weighted by Crippen LogP contribution is 2.28. The molecule has 102 valence electrons. The molecule has 4 N–H and O–H groups in total. The van der Waals surface area contributed by atoms with Crippen LogP contribution in [0.1, 0.15) is 4.88 Å². The van der Waals surface area contributed by atoms with E-state index >= 15 is 0 Å². The number of hydrazine groups is 1. The van der Waals surface area contributed by atoms with E-state index in [0.717, 1.165) is 16.8 Å². The van der Waals surface area contributed by atoms with Gasteiger partial charge < -0.3 is 15.5 Å². The first-order chi connectivity index (χ1) is 9.24. The average molecular weight is 344 g/mol. The summed E-state index contributed by atoms with van der Waals surface area (Å²) in [5, 5.41) is 3.22. The van der Waals surface area contributed by atoms with E-state index in [9.17, 15) is 0 Å². The van der Waals surface area contributed by atoms with E-state index in [0.29, 0.717) is 17.4 Å². The molecule has 6 nitrogen and oxygen atoms in total. The largest absolute Gasteiger partial charge is 0.490 e. The number of aromatic nitrogens is 2. The molecule has 0 aromatic carbocycles. The van der Waals surface area contributed by atoms with Crippen LogP contribution in [0, 0.1) is 0 Å². The fourth-order valence-electron chi connectivity index (χ4n) is 1.59. The van der Waals surface area contributed by atoms with Crippen molar-refractivity contribution in [3.8, 4) is 5.75 Å². The summed E-state index contributed by atoms with van der Waals surface area (Å²) in [6.45, 7) is 0.754. The van der Waals surface area contributed by atoms with Gasteiger partial charge in [-0.15, -0.1) is 11.3 Å². The van der Waals surface area contributed by atoms with Crippen LogP contribution in [0.4, 0.5) is 11.6 Å². The summed E-state index contributed by atoms with van der Waals surface area (Å²) in [7, 11) is 1.56. The van der Waals surface area contributed by atoms with E-state index in [2.05, 4.69) is 42.7 Å². The lowest BCUT2D eigenvalue weighted by molar-refractivity contribution is 0.414. The molecular formula is C11H14BrN5OS. The molecule has 0 unspecified atom stereocenters. The lowest BCUT2D eigenvalue weighted by atomic mass is 10.3. The van der Waals surface area contributed by atoms with E-state index in [1.54, 1.807) is 18.4 Å². The van der Waals surface area contributed by atoms with Gasteiger partial charge in [-0.25, -0.2) is 15.8 Å². The first kappa shape index (κ1) is 14.0. The van der Waals surface area contributed by atoms with Crippen molar-refractivity contribution in [2.45, 2.75) is 6.42 Å². The van der Waals surface area contributed by atoms with Crippen molar-refractivity contribution in [2.75, 3.05) is 24.4 Å². The summed E-state index contributed by atoms with van der Waals surface area (Å²) in [5.41, 5.74) is 2.48. The maximum absolute atomic E-state index is 5.37. The van der Waals surface area contributed by atoms with Crippen molar-refractivity contribution in [2.24, 2.45) is 5.84 Å². The highest BCUT2D eigenvalue weighted by Gasteiger charge is 2.10. The summed E-state index contributed by atoms with van der Waals surface area (Å²) in [6.07, 6.45) is 2.34. The van der Waals surface area contributed by atoms with Gasteiger partial charge in [0, 0.05) is 11.4 Å². The Bertz CT molecular complexity index is 548. The highest BCUT2D eigenvalue weighted by atomic mass is 79.9. The molecule has 0 aliphatic carbocycles. The zero-order valence-corrected chi connectivity index (χ0v) is 12.7. The zero-order chi connectivity index (χ0) is 13.7. The number of ether oxygens (including phenoxy) is 1. The zero-order valence-electron chi connectivity index (χ0n) is 10.3. The van der Waals surface area contributed by atoms with Gasteiger partial charge in [0.1, 0.15) is 6.33 Å². The van der Waals surface area contributed by atoms with Gasteiger partial charge in [-0.3, -0.25) is 0 Å². The van der Waals surface area contributed by atoms with Crippen molar-refractivity contribution in [3.05, 3.63) is 27.1 Å². The third-order valence-electron chi connectivity index (χ3n) is 2.44. The van der Waals surface area contributed by atoms with Crippen LogP contribution >= 0.6 is 27.3 Å². The van der Waals surface area contributed by atoms with Crippen LogP contribution in [0.2, 0.25) is 0 Å². The van der Waals surface area contributed by atoms with Crippen LogP contribution < -0.4 is 21.3 Å². The number of nitrogens with two attached hydrogens (primary N) is 1. The van der Waals surface area contributed by atoms with Gasteiger partial charge in [-0.05, 0) is 34.5 Å². The maximum Gasteiger partial charge on any atom is 0.205 e. The summed E-state index contributed by atoms with van der Waals surface area (Å²) in [4.78, 5) is 9.42. The minimum absolute atomic E-state index is 0.457. The van der Waals surface area contributed by atoms with E-state index < -0.39 is 0 Å². The number of rotatable bonds is 6. The molecular weight excluding hydrogens is 330 g/mol. The van der Waals surface area contributed by atoms with E-state index in [4.69, 9.17) is 10.6 Å². The molecule has 2 heterocycles. The molecule has 0 spiro atoms. The Balaban J connectivity index is 1.99. The van der Waals surface area contributed by atoms with Gasteiger partial charge in [0.25, 0.3) is 0 Å². The third-order valence-corrected chi connectivity index (χ3v) is 4.12. The smallest absolute Gasteiger partial charge is 0.205 e. The van der Waals surface area contributed by atoms with Crippen LogP contribution in [0.25, 0.3) is 0 Å². The van der Waals surface area contributed by atoms with Crippen LogP contribution in [0.15, 0.2) is 22.2 Å². The number of hydrogen-bond donors (Lipinski definition) is 3. The van der Waals surface area contributed by atoms with Gasteiger partial charge in [-0.1, -0.05) is 0 Å². The molecule has 8 heteroatoms. The fraction of sp³-hybridized carbons (Fsp3) is 0.273. The van der Waals surface area contributed by atoms with Gasteiger partial charge in [0.05, 0.1) is 10.9 Å². The standard InChI is InChI=1S/C11H14BrN5OS/c1-18-9-10(15-6-16-11(9)17-13)14-5-4-7-2-3-8(12)19-7/h2-3,6H,4-5,13H2,1H3,(H2,14,15,16,17). The molecule has 0 bridgehead atoms. The third kappa shape index (κ3) is 3.55. The molecule has 0 amide bonds. The highest BCUT2D eigenvalue weighted by molar-refractivity contribution is 9.11. The number of thiophene rings is 1. The molecule has 0 aliphatic rings. The Kier molecular flexibility index (Phi) is 4.94. The van der Waals surface area contributed by atoms with Gasteiger partial charge in [-0.2, -0.15) is 0 Å². The molecule has 0 aliphatic heterocycles. The minimum atomic E-state index is 0.457. The molecule has 19 heavy (non-hydrogen) atoms. The number of halogens is 1. The lowest BCUT2D eigenvalue weighted by Gasteiger charge is -2.12. The molecule has 2 rings (SSSR count). The van der Waals surface area contributed by atoms with Gasteiger partial charge in [0.2, 0.25) is 5.75 Å². The van der Waals surface area contributed by atoms with E-state index in [1.165, 1.54) is 11.2 Å². The van der Waals surface area contributed by atoms with Crippen LogP contribution in [0.5, 0.6) is 5.75 Å². The number of nitrogen functional groups attached to an aromatic ring is 1. The second-order valence-electron chi connectivity index (χ2n) is 3.63. The van der Waals surface area contributed by atoms with Crippen molar-refractivity contribution < 1.29 is 4.74 Å². The summed E-state index contributed by atoms with van der Waals surface area (Å²) < 4.78 is 6.38. The average Bonchev–Trinajstić information content (AvgIpc) is 2.84. The lowest BCUT2D eigenvalue weighted by Crippen LogP contribution is -2.13.